The molecule has 0 aliphatic rings. The van der Waals surface area contributed by atoms with Crippen LogP contribution in [0.25, 0.3) is 0 Å². The van der Waals surface area contributed by atoms with Crippen molar-refractivity contribution in [3.63, 3.8) is 0 Å². The third-order valence-electron chi connectivity index (χ3n) is 2.63. The zero-order valence-electron chi connectivity index (χ0n) is 10.8. The molecule has 0 aliphatic carbocycles. The van der Waals surface area contributed by atoms with E-state index in [2.05, 4.69) is 9.88 Å². The zero-order valence-corrected chi connectivity index (χ0v) is 11.6. The summed E-state index contributed by atoms with van der Waals surface area (Å²) in [7, 11) is -3.83. The van der Waals surface area contributed by atoms with Crippen LogP contribution in [-0.4, -0.2) is 18.7 Å². The minimum absolute atomic E-state index is 0.00697. The lowest BCUT2D eigenvalue weighted by molar-refractivity contribution is 0.390. The van der Waals surface area contributed by atoms with Gasteiger partial charge in [-0.25, -0.2) is 8.42 Å². The van der Waals surface area contributed by atoms with Crippen LogP contribution in [-0.2, 0) is 10.0 Å². The Kier molecular flexibility index (Phi) is 3.23. The molecular weight excluding hydrogens is 268 g/mol. The molecule has 0 amide bonds. The van der Waals surface area contributed by atoms with E-state index in [1.807, 2.05) is 0 Å². The molecule has 6 nitrogen and oxygen atoms in total. The lowest BCUT2D eigenvalue weighted by atomic mass is 10.2. The first kappa shape index (κ1) is 13.4. The van der Waals surface area contributed by atoms with Gasteiger partial charge in [0.05, 0.1) is 5.69 Å². The summed E-state index contributed by atoms with van der Waals surface area (Å²) in [6.45, 7) is 4.86. The van der Waals surface area contributed by atoms with Gasteiger partial charge in [-0.05, 0) is 38.5 Å². The predicted octanol–water partition coefficient (Wildman–Crippen LogP) is 2.11. The first-order valence-corrected chi connectivity index (χ1v) is 7.05. The molecule has 0 saturated carbocycles. The fourth-order valence-corrected chi connectivity index (χ4v) is 3.19. The Balaban J connectivity index is 2.42. The molecule has 0 atom stereocenters. The summed E-state index contributed by atoms with van der Waals surface area (Å²) in [6, 6.07) is 4.68. The van der Waals surface area contributed by atoms with E-state index in [-0.39, 0.29) is 27.8 Å². The van der Waals surface area contributed by atoms with Gasteiger partial charge < -0.3 is 9.63 Å². The van der Waals surface area contributed by atoms with Gasteiger partial charge in [0, 0.05) is 0 Å². The normalized spacial score (nSPS) is 11.5. The molecule has 0 aliphatic heterocycles. The summed E-state index contributed by atoms with van der Waals surface area (Å²) in [4.78, 5) is -0.00697. The fraction of sp³-hybridized carbons (Fsp3) is 0.250. The highest BCUT2D eigenvalue weighted by molar-refractivity contribution is 7.92. The van der Waals surface area contributed by atoms with Crippen molar-refractivity contribution >= 4 is 15.7 Å². The second-order valence-electron chi connectivity index (χ2n) is 4.28. The summed E-state index contributed by atoms with van der Waals surface area (Å²) in [5.74, 6) is 0.0759. The van der Waals surface area contributed by atoms with Crippen molar-refractivity contribution in [2.45, 2.75) is 25.7 Å². The monoisotopic (exact) mass is 282 g/mol. The molecule has 0 fully saturated rings. The molecule has 2 rings (SSSR count). The Bertz CT molecular complexity index is 700. The fourth-order valence-electron chi connectivity index (χ4n) is 1.78. The average molecular weight is 282 g/mol. The number of hydrogen-bond donors (Lipinski definition) is 2. The van der Waals surface area contributed by atoms with Gasteiger partial charge >= 0.3 is 0 Å². The Morgan fingerprint density at radius 2 is 1.95 bits per heavy atom. The molecule has 0 spiro atoms. The van der Waals surface area contributed by atoms with Gasteiger partial charge in [0.1, 0.15) is 11.4 Å². The number of aryl methyl sites for hydroxylation is 3. The van der Waals surface area contributed by atoms with Gasteiger partial charge in [0.2, 0.25) is 0 Å². The van der Waals surface area contributed by atoms with Crippen molar-refractivity contribution in [2.24, 2.45) is 0 Å². The van der Waals surface area contributed by atoms with E-state index < -0.39 is 10.0 Å². The molecule has 2 aromatic rings. The molecule has 19 heavy (non-hydrogen) atoms. The quantitative estimate of drug-likeness (QED) is 0.841. The minimum Gasteiger partial charge on any atom is -0.506 e. The van der Waals surface area contributed by atoms with Crippen LogP contribution in [0.5, 0.6) is 5.75 Å². The summed E-state index contributed by atoms with van der Waals surface area (Å²) in [6.07, 6.45) is 0. The topological polar surface area (TPSA) is 92.4 Å². The average Bonchev–Trinajstić information content (AvgIpc) is 2.63. The smallest absolute Gasteiger partial charge is 0.267 e. The van der Waals surface area contributed by atoms with Crippen molar-refractivity contribution in [2.75, 3.05) is 4.72 Å². The molecule has 1 aromatic heterocycles. The van der Waals surface area contributed by atoms with E-state index in [4.69, 9.17) is 4.52 Å². The highest BCUT2D eigenvalue weighted by Crippen LogP contribution is 2.28. The maximum Gasteiger partial charge on any atom is 0.267 e. The first-order chi connectivity index (χ1) is 8.81. The Morgan fingerprint density at radius 1 is 1.26 bits per heavy atom. The van der Waals surface area contributed by atoms with Crippen LogP contribution in [0.15, 0.2) is 27.6 Å². The molecule has 1 aromatic carbocycles. The van der Waals surface area contributed by atoms with E-state index in [1.54, 1.807) is 19.9 Å². The standard InChI is InChI=1S/C12H14N2O4S/c1-7-4-5-10(11(15)6-7)14-19(16,17)12-8(2)13-18-9(12)3/h4-6,14-15H,1-3H3. The number of aromatic nitrogens is 1. The summed E-state index contributed by atoms with van der Waals surface area (Å²) < 4.78 is 31.6. The van der Waals surface area contributed by atoms with E-state index >= 15 is 0 Å². The van der Waals surface area contributed by atoms with Gasteiger partial charge in [-0.2, -0.15) is 0 Å². The van der Waals surface area contributed by atoms with Crippen LogP contribution in [0.3, 0.4) is 0 Å². The van der Waals surface area contributed by atoms with E-state index in [1.165, 1.54) is 19.1 Å². The second kappa shape index (κ2) is 4.58. The third kappa shape index (κ3) is 2.55. The summed E-state index contributed by atoms with van der Waals surface area (Å²) in [5, 5.41) is 13.3. The van der Waals surface area contributed by atoms with Crippen LogP contribution < -0.4 is 4.72 Å². The van der Waals surface area contributed by atoms with E-state index in [0.29, 0.717) is 0 Å². The molecule has 0 saturated heterocycles. The Labute approximate surface area is 111 Å². The van der Waals surface area contributed by atoms with Crippen LogP contribution in [0.2, 0.25) is 0 Å². The van der Waals surface area contributed by atoms with E-state index in [9.17, 15) is 13.5 Å². The minimum atomic E-state index is -3.83. The van der Waals surface area contributed by atoms with Gasteiger partial charge in [-0.15, -0.1) is 0 Å². The maximum atomic E-state index is 12.2. The van der Waals surface area contributed by atoms with E-state index in [0.717, 1.165) is 5.56 Å². The van der Waals surface area contributed by atoms with Crippen LogP contribution >= 0.6 is 0 Å². The largest absolute Gasteiger partial charge is 0.506 e. The number of nitrogens with zero attached hydrogens (tertiary/aromatic N) is 1. The van der Waals surface area contributed by atoms with Crippen LogP contribution in [0.4, 0.5) is 5.69 Å². The van der Waals surface area contributed by atoms with Gasteiger partial charge in [-0.3, -0.25) is 4.72 Å². The highest BCUT2D eigenvalue weighted by Gasteiger charge is 2.25. The number of benzene rings is 1. The molecule has 2 N–H and O–H groups in total. The van der Waals surface area contributed by atoms with Crippen molar-refractivity contribution in [3.8, 4) is 5.75 Å². The van der Waals surface area contributed by atoms with Gasteiger partial charge in [0.25, 0.3) is 10.0 Å². The molecule has 0 radical (unpaired) electrons. The Hall–Kier alpha value is -2.02. The number of phenols is 1. The zero-order chi connectivity index (χ0) is 14.2. The maximum absolute atomic E-state index is 12.2. The highest BCUT2D eigenvalue weighted by atomic mass is 32.2. The van der Waals surface area contributed by atoms with Crippen molar-refractivity contribution in [1.82, 2.24) is 5.16 Å². The van der Waals surface area contributed by atoms with Gasteiger partial charge in [-0.1, -0.05) is 11.2 Å². The number of hydrogen-bond acceptors (Lipinski definition) is 5. The number of nitrogens with one attached hydrogen (secondary N) is 1. The van der Waals surface area contributed by atoms with Crippen molar-refractivity contribution in [1.29, 1.82) is 0 Å². The molecule has 0 unspecified atom stereocenters. The third-order valence-corrected chi connectivity index (χ3v) is 4.24. The lowest BCUT2D eigenvalue weighted by Gasteiger charge is -2.09. The van der Waals surface area contributed by atoms with Crippen LogP contribution in [0.1, 0.15) is 17.0 Å². The number of aromatic hydroxyl groups is 1. The lowest BCUT2D eigenvalue weighted by Crippen LogP contribution is -2.14. The Morgan fingerprint density at radius 3 is 2.47 bits per heavy atom. The van der Waals surface area contributed by atoms with Crippen LogP contribution in [0, 0.1) is 20.8 Å². The van der Waals surface area contributed by atoms with Crippen molar-refractivity contribution in [3.05, 3.63) is 35.2 Å². The SMILES string of the molecule is Cc1ccc(NS(=O)(=O)c2c(C)noc2C)c(O)c1. The summed E-state index contributed by atoms with van der Waals surface area (Å²) >= 11 is 0. The molecular formula is C12H14N2O4S. The summed E-state index contributed by atoms with van der Waals surface area (Å²) in [5.41, 5.74) is 1.22. The number of rotatable bonds is 3. The number of anilines is 1. The molecule has 102 valence electrons. The number of phenolic OH excluding ortho intramolecular Hbond substituents is 1. The number of sulfonamides is 1. The second-order valence-corrected chi connectivity index (χ2v) is 5.90. The predicted molar refractivity (Wildman–Crippen MR) is 69.6 cm³/mol. The molecule has 7 heteroatoms. The first-order valence-electron chi connectivity index (χ1n) is 5.56. The van der Waals surface area contributed by atoms with Crippen molar-refractivity contribution < 1.29 is 18.0 Å². The van der Waals surface area contributed by atoms with Gasteiger partial charge in [0.15, 0.2) is 10.7 Å². The molecule has 1 heterocycles. The molecule has 0 bridgehead atoms.